The molecule has 0 amide bonds. The Kier molecular flexibility index (Phi) is 4.12. The maximum atomic E-state index is 11.3. The van der Waals surface area contributed by atoms with Crippen molar-refractivity contribution >= 4 is 23.3 Å². The van der Waals surface area contributed by atoms with Gasteiger partial charge in [0.15, 0.2) is 0 Å². The summed E-state index contributed by atoms with van der Waals surface area (Å²) in [7, 11) is 0. The summed E-state index contributed by atoms with van der Waals surface area (Å²) < 4.78 is 0. The van der Waals surface area contributed by atoms with Gasteiger partial charge in [0.05, 0.1) is 16.7 Å². The minimum Gasteiger partial charge on any atom is -0.481 e. The molecule has 1 rings (SSSR count). The van der Waals surface area contributed by atoms with E-state index in [0.717, 1.165) is 0 Å². The lowest BCUT2D eigenvalue weighted by molar-refractivity contribution is -0.149. The van der Waals surface area contributed by atoms with E-state index in [9.17, 15) is 9.90 Å². The number of carbonyl (C=O) groups is 1. The number of rotatable bonds is 4. The Balaban J connectivity index is 3.16. The van der Waals surface area contributed by atoms with Gasteiger partial charge in [-0.15, -0.1) is 0 Å². The second-order valence-corrected chi connectivity index (χ2v) is 5.92. The normalized spacial score (nSPS) is 11.8. The van der Waals surface area contributed by atoms with Crippen LogP contribution in [-0.4, -0.2) is 16.6 Å². The molecule has 4 nitrogen and oxygen atoms in total. The molecule has 0 fully saturated rings. The van der Waals surface area contributed by atoms with Crippen molar-refractivity contribution in [2.75, 3.05) is 5.32 Å². The van der Waals surface area contributed by atoms with Crippen LogP contribution in [-0.2, 0) is 4.79 Å². The molecule has 102 valence electrons. The lowest BCUT2D eigenvalue weighted by Gasteiger charge is -2.39. The molecule has 0 spiro atoms. The van der Waals surface area contributed by atoms with E-state index < -0.39 is 16.9 Å². The van der Waals surface area contributed by atoms with Crippen molar-refractivity contribution in [2.45, 2.75) is 33.2 Å². The Morgan fingerprint density at radius 1 is 1.37 bits per heavy atom. The molecule has 0 radical (unpaired) electrons. The second kappa shape index (κ2) is 5.10. The Bertz CT molecular complexity index is 545. The number of hydrogen-bond acceptors (Lipinski definition) is 3. The molecule has 0 aliphatic carbocycles. The molecule has 0 aromatic heterocycles. The van der Waals surface area contributed by atoms with E-state index in [1.807, 2.05) is 6.07 Å². The number of nitrogens with one attached hydrogen (secondary N) is 1. The van der Waals surface area contributed by atoms with Gasteiger partial charge in [0, 0.05) is 10.6 Å². The second-order valence-electron chi connectivity index (χ2n) is 5.48. The van der Waals surface area contributed by atoms with Crippen molar-refractivity contribution in [2.24, 2.45) is 5.41 Å². The molecule has 0 bridgehead atoms. The quantitative estimate of drug-likeness (QED) is 0.885. The molecular weight excluding hydrogens is 264 g/mol. The summed E-state index contributed by atoms with van der Waals surface area (Å²) in [5.41, 5.74) is -0.773. The van der Waals surface area contributed by atoms with E-state index >= 15 is 0 Å². The summed E-state index contributed by atoms with van der Waals surface area (Å²) in [4.78, 5) is 11.3. The van der Waals surface area contributed by atoms with Gasteiger partial charge in [0.1, 0.15) is 6.07 Å². The number of anilines is 1. The smallest absolute Gasteiger partial charge is 0.311 e. The van der Waals surface area contributed by atoms with Gasteiger partial charge in [-0.25, -0.2) is 0 Å². The average molecular weight is 281 g/mol. The Morgan fingerprint density at radius 3 is 2.42 bits per heavy atom. The van der Waals surface area contributed by atoms with E-state index in [4.69, 9.17) is 16.9 Å². The molecule has 1 aromatic carbocycles. The molecule has 5 heteroatoms. The van der Waals surface area contributed by atoms with Gasteiger partial charge >= 0.3 is 5.97 Å². The van der Waals surface area contributed by atoms with E-state index in [1.165, 1.54) is 0 Å². The first-order valence-electron chi connectivity index (χ1n) is 5.83. The van der Waals surface area contributed by atoms with Gasteiger partial charge in [0.2, 0.25) is 0 Å². The number of halogens is 1. The van der Waals surface area contributed by atoms with Crippen molar-refractivity contribution in [3.8, 4) is 6.07 Å². The zero-order valence-corrected chi connectivity index (χ0v) is 12.2. The first-order valence-corrected chi connectivity index (χ1v) is 6.21. The first-order chi connectivity index (χ1) is 8.61. The Labute approximate surface area is 118 Å². The monoisotopic (exact) mass is 280 g/mol. The largest absolute Gasteiger partial charge is 0.481 e. The molecule has 0 atom stereocenters. The van der Waals surface area contributed by atoms with Crippen molar-refractivity contribution < 1.29 is 9.90 Å². The predicted molar refractivity (Wildman–Crippen MR) is 75.3 cm³/mol. The zero-order chi connectivity index (χ0) is 14.8. The van der Waals surface area contributed by atoms with Gasteiger partial charge in [-0.1, -0.05) is 11.6 Å². The van der Waals surface area contributed by atoms with Crippen LogP contribution in [0.3, 0.4) is 0 Å². The van der Waals surface area contributed by atoms with E-state index in [-0.39, 0.29) is 0 Å². The summed E-state index contributed by atoms with van der Waals surface area (Å²) in [6.07, 6.45) is 0. The van der Waals surface area contributed by atoms with Crippen LogP contribution in [0.15, 0.2) is 18.2 Å². The van der Waals surface area contributed by atoms with Gasteiger partial charge in [-0.05, 0) is 45.9 Å². The number of carboxylic acid groups (broad SMARTS) is 1. The number of carboxylic acids is 1. The van der Waals surface area contributed by atoms with Gasteiger partial charge in [-0.3, -0.25) is 4.79 Å². The van der Waals surface area contributed by atoms with Crippen LogP contribution in [0.4, 0.5) is 5.69 Å². The van der Waals surface area contributed by atoms with Crippen LogP contribution >= 0.6 is 11.6 Å². The van der Waals surface area contributed by atoms with Gasteiger partial charge in [0.25, 0.3) is 0 Å². The molecule has 0 aliphatic heterocycles. The fourth-order valence-corrected chi connectivity index (χ4v) is 1.65. The molecule has 2 N–H and O–H groups in total. The van der Waals surface area contributed by atoms with E-state index in [1.54, 1.807) is 45.9 Å². The maximum absolute atomic E-state index is 11.3. The van der Waals surface area contributed by atoms with E-state index in [0.29, 0.717) is 16.3 Å². The number of benzene rings is 1. The van der Waals surface area contributed by atoms with Gasteiger partial charge in [-0.2, -0.15) is 5.26 Å². The summed E-state index contributed by atoms with van der Waals surface area (Å²) in [5, 5.41) is 22.0. The van der Waals surface area contributed by atoms with Crippen LogP contribution in [0, 0.1) is 16.7 Å². The standard InChI is InChI=1S/C14H17ClN2O2/c1-13(2,12(18)19)14(3,4)17-11-6-5-10(15)7-9(11)8-16/h5-7,17H,1-4H3,(H,18,19). The molecule has 0 saturated carbocycles. The maximum Gasteiger partial charge on any atom is 0.311 e. The predicted octanol–water partition coefficient (Wildman–Crippen LogP) is 3.51. The SMILES string of the molecule is CC(C)(Nc1ccc(Cl)cc1C#N)C(C)(C)C(=O)O. The average Bonchev–Trinajstić information content (AvgIpc) is 2.30. The van der Waals surface area contributed by atoms with Crippen molar-refractivity contribution in [1.82, 2.24) is 0 Å². The van der Waals surface area contributed by atoms with Crippen molar-refractivity contribution in [3.05, 3.63) is 28.8 Å². The van der Waals surface area contributed by atoms with Crippen LogP contribution in [0.25, 0.3) is 0 Å². The first kappa shape index (κ1) is 15.3. The van der Waals surface area contributed by atoms with E-state index in [2.05, 4.69) is 5.32 Å². The number of aliphatic carboxylic acids is 1. The highest BCUT2D eigenvalue weighted by Gasteiger charge is 2.43. The molecule has 0 unspecified atom stereocenters. The lowest BCUT2D eigenvalue weighted by atomic mass is 9.74. The number of nitrogens with zero attached hydrogens (tertiary/aromatic N) is 1. The van der Waals surface area contributed by atoms with Crippen molar-refractivity contribution in [1.29, 1.82) is 5.26 Å². The van der Waals surface area contributed by atoms with Gasteiger partial charge < -0.3 is 10.4 Å². The topological polar surface area (TPSA) is 73.1 Å². The summed E-state index contributed by atoms with van der Waals surface area (Å²) in [5.74, 6) is -0.905. The number of nitriles is 1. The minimum atomic E-state index is -1.00. The fraction of sp³-hybridized carbons (Fsp3) is 0.429. The highest BCUT2D eigenvalue weighted by molar-refractivity contribution is 6.30. The van der Waals surface area contributed by atoms with Crippen LogP contribution < -0.4 is 5.32 Å². The highest BCUT2D eigenvalue weighted by atomic mass is 35.5. The molecule has 0 aliphatic rings. The van der Waals surface area contributed by atoms with Crippen LogP contribution in [0.2, 0.25) is 5.02 Å². The minimum absolute atomic E-state index is 0.391. The molecule has 19 heavy (non-hydrogen) atoms. The number of hydrogen-bond donors (Lipinski definition) is 2. The molecule has 0 heterocycles. The third-order valence-corrected chi connectivity index (χ3v) is 3.88. The lowest BCUT2D eigenvalue weighted by Crippen LogP contribution is -2.50. The van der Waals surface area contributed by atoms with Crippen molar-refractivity contribution in [3.63, 3.8) is 0 Å². The third kappa shape index (κ3) is 2.99. The molecule has 0 saturated heterocycles. The Morgan fingerprint density at radius 2 is 1.95 bits per heavy atom. The van der Waals surface area contributed by atoms with Crippen LogP contribution in [0.1, 0.15) is 33.3 Å². The fourth-order valence-electron chi connectivity index (χ4n) is 1.48. The molecule has 1 aromatic rings. The summed E-state index contributed by atoms with van der Waals surface area (Å²) >= 11 is 5.83. The zero-order valence-electron chi connectivity index (χ0n) is 11.4. The summed E-state index contributed by atoms with van der Waals surface area (Å²) in [6.45, 7) is 6.86. The Hall–Kier alpha value is -1.73. The molecular formula is C14H17ClN2O2. The van der Waals surface area contributed by atoms with Crippen LogP contribution in [0.5, 0.6) is 0 Å². The third-order valence-electron chi connectivity index (χ3n) is 3.65. The highest BCUT2D eigenvalue weighted by Crippen LogP contribution is 2.35. The summed E-state index contributed by atoms with van der Waals surface area (Å²) in [6, 6.07) is 6.94.